The third-order valence-corrected chi connectivity index (χ3v) is 4.66. The van der Waals surface area contributed by atoms with E-state index >= 15 is 0 Å². The van der Waals surface area contributed by atoms with Gasteiger partial charge in [-0.2, -0.15) is 13.2 Å². The summed E-state index contributed by atoms with van der Waals surface area (Å²) >= 11 is 0. The molecule has 5 nitrogen and oxygen atoms in total. The summed E-state index contributed by atoms with van der Waals surface area (Å²) in [5, 5.41) is 0. The smallest absolute Gasteiger partial charge is 0.471 e. The van der Waals surface area contributed by atoms with Crippen LogP contribution in [0.3, 0.4) is 0 Å². The van der Waals surface area contributed by atoms with Crippen LogP contribution >= 0.6 is 0 Å². The standard InChI is InChI=1S/C22H24F3NO4/c1-5-26(21(28)22(23,24)25)13-16-10-14(2)6-8-17(16)18-11-15(12-20(27)30-4)7-9-19(18)29-3/h6-11H,5,12-13H2,1-4H3. The zero-order valence-corrected chi connectivity index (χ0v) is 17.3. The van der Waals surface area contributed by atoms with Gasteiger partial charge >= 0.3 is 18.1 Å². The number of aryl methyl sites for hydroxylation is 1. The number of halogens is 3. The summed E-state index contributed by atoms with van der Waals surface area (Å²) < 4.78 is 49.0. The maximum Gasteiger partial charge on any atom is 0.471 e. The fourth-order valence-electron chi connectivity index (χ4n) is 3.14. The summed E-state index contributed by atoms with van der Waals surface area (Å²) in [6.45, 7) is 3.01. The summed E-state index contributed by atoms with van der Waals surface area (Å²) in [6, 6.07) is 10.5. The molecule has 162 valence electrons. The van der Waals surface area contributed by atoms with Gasteiger partial charge in [0, 0.05) is 18.7 Å². The topological polar surface area (TPSA) is 55.8 Å². The van der Waals surface area contributed by atoms with Crippen molar-refractivity contribution in [2.24, 2.45) is 0 Å². The molecule has 0 atom stereocenters. The van der Waals surface area contributed by atoms with E-state index in [0.29, 0.717) is 28.0 Å². The highest BCUT2D eigenvalue weighted by Gasteiger charge is 2.42. The van der Waals surface area contributed by atoms with Crippen molar-refractivity contribution < 1.29 is 32.2 Å². The van der Waals surface area contributed by atoms with Crippen molar-refractivity contribution in [3.05, 3.63) is 53.1 Å². The van der Waals surface area contributed by atoms with Gasteiger partial charge in [0.2, 0.25) is 0 Å². The molecule has 0 N–H and O–H groups in total. The predicted molar refractivity (Wildman–Crippen MR) is 106 cm³/mol. The minimum absolute atomic E-state index is 0.0440. The van der Waals surface area contributed by atoms with Gasteiger partial charge in [-0.25, -0.2) is 0 Å². The van der Waals surface area contributed by atoms with E-state index in [1.165, 1.54) is 21.1 Å². The van der Waals surface area contributed by atoms with Crippen LogP contribution in [-0.2, 0) is 27.3 Å². The molecule has 2 aromatic carbocycles. The van der Waals surface area contributed by atoms with Crippen LogP contribution in [0.15, 0.2) is 36.4 Å². The average Bonchev–Trinajstić information content (AvgIpc) is 2.70. The van der Waals surface area contributed by atoms with Gasteiger partial charge in [0.25, 0.3) is 0 Å². The molecule has 0 radical (unpaired) electrons. The molecule has 0 fully saturated rings. The van der Waals surface area contributed by atoms with Gasteiger partial charge in [0.1, 0.15) is 5.75 Å². The van der Waals surface area contributed by atoms with E-state index in [-0.39, 0.29) is 19.5 Å². The Kier molecular flexibility index (Phi) is 7.48. The van der Waals surface area contributed by atoms with Crippen LogP contribution in [0.4, 0.5) is 13.2 Å². The molecule has 0 unspecified atom stereocenters. The summed E-state index contributed by atoms with van der Waals surface area (Å²) in [5.74, 6) is -1.80. The first kappa shape index (κ1) is 23.3. The zero-order chi connectivity index (χ0) is 22.5. The molecule has 30 heavy (non-hydrogen) atoms. The Morgan fingerprint density at radius 2 is 1.73 bits per heavy atom. The van der Waals surface area contributed by atoms with Crippen LogP contribution in [0, 0.1) is 6.92 Å². The van der Waals surface area contributed by atoms with Gasteiger partial charge in [0.05, 0.1) is 20.6 Å². The van der Waals surface area contributed by atoms with E-state index in [1.807, 2.05) is 13.0 Å². The minimum atomic E-state index is -4.95. The molecular formula is C22H24F3NO4. The van der Waals surface area contributed by atoms with Crippen molar-refractivity contribution in [1.29, 1.82) is 0 Å². The van der Waals surface area contributed by atoms with E-state index in [2.05, 4.69) is 0 Å². The Morgan fingerprint density at radius 1 is 1.03 bits per heavy atom. The van der Waals surface area contributed by atoms with E-state index in [1.54, 1.807) is 30.3 Å². The Hall–Kier alpha value is -3.03. The van der Waals surface area contributed by atoms with E-state index in [0.717, 1.165) is 10.5 Å². The summed E-state index contributed by atoms with van der Waals surface area (Å²) in [5.41, 5.74) is 3.29. The number of hydrogen-bond acceptors (Lipinski definition) is 4. The second kappa shape index (κ2) is 9.65. The Bertz CT molecular complexity index is 925. The molecule has 0 heterocycles. The van der Waals surface area contributed by atoms with Gasteiger partial charge in [-0.1, -0.05) is 29.8 Å². The lowest BCUT2D eigenvalue weighted by Crippen LogP contribution is -2.40. The normalized spacial score (nSPS) is 11.2. The lowest BCUT2D eigenvalue weighted by Gasteiger charge is -2.24. The van der Waals surface area contributed by atoms with E-state index < -0.39 is 18.1 Å². The molecular weight excluding hydrogens is 399 g/mol. The molecule has 1 amide bonds. The average molecular weight is 423 g/mol. The molecule has 0 spiro atoms. The van der Waals surface area contributed by atoms with Crippen LogP contribution in [-0.4, -0.2) is 43.7 Å². The molecule has 2 rings (SSSR count). The number of carbonyl (C=O) groups excluding carboxylic acids is 2. The lowest BCUT2D eigenvalue weighted by atomic mass is 9.94. The van der Waals surface area contributed by atoms with Crippen molar-refractivity contribution in [3.63, 3.8) is 0 Å². The number of alkyl halides is 3. The molecule has 0 aromatic heterocycles. The molecule has 8 heteroatoms. The number of nitrogens with zero attached hydrogens (tertiary/aromatic N) is 1. The minimum Gasteiger partial charge on any atom is -0.496 e. The predicted octanol–water partition coefficient (Wildman–Crippen LogP) is 4.30. The zero-order valence-electron chi connectivity index (χ0n) is 17.3. The molecule has 2 aromatic rings. The number of ether oxygens (including phenoxy) is 2. The van der Waals surface area contributed by atoms with Gasteiger partial charge in [-0.15, -0.1) is 0 Å². The van der Waals surface area contributed by atoms with Crippen molar-refractivity contribution in [2.45, 2.75) is 33.0 Å². The van der Waals surface area contributed by atoms with Crippen molar-refractivity contribution in [3.8, 4) is 16.9 Å². The van der Waals surface area contributed by atoms with Crippen LogP contribution in [0.1, 0.15) is 23.6 Å². The summed E-state index contributed by atoms with van der Waals surface area (Å²) in [4.78, 5) is 24.2. The van der Waals surface area contributed by atoms with Crippen molar-refractivity contribution in [1.82, 2.24) is 4.90 Å². The van der Waals surface area contributed by atoms with Crippen LogP contribution in [0.25, 0.3) is 11.1 Å². The third-order valence-electron chi connectivity index (χ3n) is 4.66. The third kappa shape index (κ3) is 5.52. The number of carbonyl (C=O) groups is 2. The number of hydrogen-bond donors (Lipinski definition) is 0. The Balaban J connectivity index is 2.54. The number of benzene rings is 2. The van der Waals surface area contributed by atoms with Gasteiger partial charge in [0.15, 0.2) is 0 Å². The molecule has 0 aliphatic heterocycles. The number of amides is 1. The van der Waals surface area contributed by atoms with Gasteiger partial charge in [-0.3, -0.25) is 9.59 Å². The molecule has 0 aliphatic rings. The summed E-state index contributed by atoms with van der Waals surface area (Å²) in [7, 11) is 2.78. The lowest BCUT2D eigenvalue weighted by molar-refractivity contribution is -0.185. The van der Waals surface area contributed by atoms with Crippen molar-refractivity contribution >= 4 is 11.9 Å². The number of methoxy groups -OCH3 is 2. The largest absolute Gasteiger partial charge is 0.496 e. The van der Waals surface area contributed by atoms with E-state index in [9.17, 15) is 22.8 Å². The number of esters is 1. The molecule has 0 aliphatic carbocycles. The fraction of sp³-hybridized carbons (Fsp3) is 0.364. The monoisotopic (exact) mass is 423 g/mol. The molecule has 0 saturated carbocycles. The first-order chi connectivity index (χ1) is 14.1. The highest BCUT2D eigenvalue weighted by atomic mass is 19.4. The van der Waals surface area contributed by atoms with Crippen LogP contribution in [0.5, 0.6) is 5.75 Å². The second-order valence-electron chi connectivity index (χ2n) is 6.77. The fourth-order valence-corrected chi connectivity index (χ4v) is 3.14. The summed E-state index contributed by atoms with van der Waals surface area (Å²) in [6.07, 6.45) is -4.90. The highest BCUT2D eigenvalue weighted by Crippen LogP contribution is 2.35. The van der Waals surface area contributed by atoms with Gasteiger partial charge in [-0.05, 0) is 42.7 Å². The van der Waals surface area contributed by atoms with Gasteiger partial charge < -0.3 is 14.4 Å². The quantitative estimate of drug-likeness (QED) is 0.624. The molecule has 0 saturated heterocycles. The van der Waals surface area contributed by atoms with Crippen LogP contribution < -0.4 is 4.74 Å². The first-order valence-electron chi connectivity index (χ1n) is 9.30. The van der Waals surface area contributed by atoms with Crippen LogP contribution in [0.2, 0.25) is 0 Å². The number of rotatable bonds is 7. The second-order valence-corrected chi connectivity index (χ2v) is 6.77. The maximum atomic E-state index is 13.0. The maximum absolute atomic E-state index is 13.0. The Morgan fingerprint density at radius 3 is 2.30 bits per heavy atom. The Labute approximate surface area is 173 Å². The molecule has 0 bridgehead atoms. The van der Waals surface area contributed by atoms with E-state index in [4.69, 9.17) is 9.47 Å². The SMILES string of the molecule is CCN(Cc1cc(C)ccc1-c1cc(CC(=O)OC)ccc1OC)C(=O)C(F)(F)F. The highest BCUT2D eigenvalue weighted by molar-refractivity contribution is 5.82. The van der Waals surface area contributed by atoms with Crippen molar-refractivity contribution in [2.75, 3.05) is 20.8 Å². The first-order valence-corrected chi connectivity index (χ1v) is 9.30.